The molecule has 1 saturated heterocycles. The quantitative estimate of drug-likeness (QED) is 0.855. The Morgan fingerprint density at radius 2 is 1.90 bits per heavy atom. The highest BCUT2D eigenvalue weighted by Crippen LogP contribution is 2.25. The second-order valence-electron chi connectivity index (χ2n) is 6.20. The summed E-state index contributed by atoms with van der Waals surface area (Å²) in [6.45, 7) is 3.46. The third-order valence-electron chi connectivity index (χ3n) is 4.53. The molecular formula is C15H25NO4. The molecule has 1 saturated carbocycles. The van der Waals surface area contributed by atoms with E-state index in [4.69, 9.17) is 9.84 Å². The van der Waals surface area contributed by atoms with Crippen molar-refractivity contribution in [2.45, 2.75) is 51.6 Å². The van der Waals surface area contributed by atoms with Crippen molar-refractivity contribution in [2.75, 3.05) is 19.7 Å². The van der Waals surface area contributed by atoms with Gasteiger partial charge in [0.25, 0.3) is 0 Å². The Bertz CT molecular complexity index is 350. The molecule has 20 heavy (non-hydrogen) atoms. The molecule has 114 valence electrons. The second-order valence-corrected chi connectivity index (χ2v) is 6.20. The molecule has 1 N–H and O–H groups in total. The number of ether oxygens (including phenoxy) is 1. The maximum absolute atomic E-state index is 12.1. The first-order valence-corrected chi connectivity index (χ1v) is 7.68. The molecule has 0 aromatic carbocycles. The Kier molecular flexibility index (Phi) is 5.40. The van der Waals surface area contributed by atoms with Gasteiger partial charge in [0, 0.05) is 13.1 Å². The van der Waals surface area contributed by atoms with Gasteiger partial charge in [0.2, 0.25) is 5.91 Å². The number of amides is 1. The van der Waals surface area contributed by atoms with E-state index in [0.29, 0.717) is 31.8 Å². The normalized spacial score (nSPS) is 28.4. The number of likely N-dealkylation sites (tertiary alicyclic amines) is 1. The topological polar surface area (TPSA) is 66.8 Å². The first-order chi connectivity index (χ1) is 9.56. The van der Waals surface area contributed by atoms with Gasteiger partial charge in [-0.2, -0.15) is 0 Å². The van der Waals surface area contributed by atoms with Crippen LogP contribution in [0, 0.1) is 11.8 Å². The first-order valence-electron chi connectivity index (χ1n) is 7.68. The summed E-state index contributed by atoms with van der Waals surface area (Å²) >= 11 is 0. The van der Waals surface area contributed by atoms with Crippen molar-refractivity contribution in [1.82, 2.24) is 4.90 Å². The number of nitrogens with zero attached hydrogens (tertiary/aromatic N) is 1. The molecule has 0 radical (unpaired) electrons. The highest BCUT2D eigenvalue weighted by molar-refractivity contribution is 5.78. The molecule has 0 bridgehead atoms. The van der Waals surface area contributed by atoms with Crippen LogP contribution in [-0.4, -0.2) is 47.7 Å². The summed E-state index contributed by atoms with van der Waals surface area (Å²) in [5.41, 5.74) is 0. The van der Waals surface area contributed by atoms with Gasteiger partial charge in [-0.05, 0) is 31.6 Å². The van der Waals surface area contributed by atoms with Crippen LogP contribution in [0.15, 0.2) is 0 Å². The summed E-state index contributed by atoms with van der Waals surface area (Å²) in [4.78, 5) is 24.7. The van der Waals surface area contributed by atoms with Gasteiger partial charge in [0.1, 0.15) is 6.61 Å². The van der Waals surface area contributed by atoms with E-state index in [-0.39, 0.29) is 24.5 Å². The highest BCUT2D eigenvalue weighted by atomic mass is 16.5. The van der Waals surface area contributed by atoms with Crippen LogP contribution in [0.1, 0.15) is 45.4 Å². The van der Waals surface area contributed by atoms with Crippen molar-refractivity contribution in [3.05, 3.63) is 0 Å². The highest BCUT2D eigenvalue weighted by Gasteiger charge is 2.27. The lowest BCUT2D eigenvalue weighted by atomic mass is 9.89. The monoisotopic (exact) mass is 283 g/mol. The van der Waals surface area contributed by atoms with E-state index in [1.807, 2.05) is 0 Å². The molecule has 2 aliphatic rings. The number of carbonyl (C=O) groups is 2. The lowest BCUT2D eigenvalue weighted by Crippen LogP contribution is -2.42. The van der Waals surface area contributed by atoms with Crippen LogP contribution >= 0.6 is 0 Å². The third kappa shape index (κ3) is 4.20. The molecule has 5 heteroatoms. The van der Waals surface area contributed by atoms with Gasteiger partial charge in [0.15, 0.2) is 0 Å². The Balaban J connectivity index is 1.69. The van der Waals surface area contributed by atoms with E-state index in [1.54, 1.807) is 4.90 Å². The van der Waals surface area contributed by atoms with Gasteiger partial charge in [-0.15, -0.1) is 0 Å². The summed E-state index contributed by atoms with van der Waals surface area (Å²) in [7, 11) is 0. The summed E-state index contributed by atoms with van der Waals surface area (Å²) in [5.74, 6) is -0.342. The van der Waals surface area contributed by atoms with Crippen molar-refractivity contribution in [1.29, 1.82) is 0 Å². The van der Waals surface area contributed by atoms with Crippen LogP contribution in [-0.2, 0) is 14.3 Å². The van der Waals surface area contributed by atoms with Crippen molar-refractivity contribution < 1.29 is 19.4 Å². The van der Waals surface area contributed by atoms with E-state index >= 15 is 0 Å². The van der Waals surface area contributed by atoms with Crippen molar-refractivity contribution in [3.63, 3.8) is 0 Å². The summed E-state index contributed by atoms with van der Waals surface area (Å²) in [6, 6.07) is 0. The van der Waals surface area contributed by atoms with Crippen LogP contribution in [0.25, 0.3) is 0 Å². The SMILES string of the molecule is C[C@H]1CCC[C@@H](OCC(=O)N2CCC(C(=O)O)CC2)C1. The molecule has 1 heterocycles. The number of carbonyl (C=O) groups excluding carboxylic acids is 1. The summed E-state index contributed by atoms with van der Waals surface area (Å²) in [5, 5.41) is 8.93. The van der Waals surface area contributed by atoms with E-state index in [9.17, 15) is 9.59 Å². The standard InChI is InChI=1S/C15H25NO4/c1-11-3-2-4-13(9-11)20-10-14(17)16-7-5-12(6-8-16)15(18)19/h11-13H,2-10H2,1H3,(H,18,19)/t11-,13+/m0/s1. The number of aliphatic carboxylic acids is 1. The van der Waals surface area contributed by atoms with Gasteiger partial charge in [-0.3, -0.25) is 9.59 Å². The molecule has 1 aliphatic carbocycles. The Morgan fingerprint density at radius 3 is 2.50 bits per heavy atom. The molecule has 0 unspecified atom stereocenters. The number of piperidine rings is 1. The molecule has 2 atom stereocenters. The van der Waals surface area contributed by atoms with Crippen LogP contribution in [0.3, 0.4) is 0 Å². The number of hydrogen-bond donors (Lipinski definition) is 1. The number of carboxylic acids is 1. The Hall–Kier alpha value is -1.10. The predicted octanol–water partition coefficient (Wildman–Crippen LogP) is 1.90. The van der Waals surface area contributed by atoms with Gasteiger partial charge in [-0.1, -0.05) is 19.8 Å². The van der Waals surface area contributed by atoms with Crippen LogP contribution in [0.5, 0.6) is 0 Å². The molecule has 0 aromatic rings. The zero-order valence-electron chi connectivity index (χ0n) is 12.2. The smallest absolute Gasteiger partial charge is 0.306 e. The minimum atomic E-state index is -0.746. The van der Waals surface area contributed by atoms with E-state index in [0.717, 1.165) is 12.8 Å². The van der Waals surface area contributed by atoms with E-state index < -0.39 is 5.97 Å². The fraction of sp³-hybridized carbons (Fsp3) is 0.867. The average molecular weight is 283 g/mol. The van der Waals surface area contributed by atoms with Crippen molar-refractivity contribution >= 4 is 11.9 Å². The fourth-order valence-electron chi connectivity index (χ4n) is 3.19. The van der Waals surface area contributed by atoms with E-state index in [2.05, 4.69) is 6.92 Å². The summed E-state index contributed by atoms with van der Waals surface area (Å²) in [6.07, 6.45) is 5.88. The number of carboxylic acid groups (broad SMARTS) is 1. The van der Waals surface area contributed by atoms with E-state index in [1.165, 1.54) is 12.8 Å². The van der Waals surface area contributed by atoms with Crippen LogP contribution in [0.4, 0.5) is 0 Å². The minimum Gasteiger partial charge on any atom is -0.481 e. The lowest BCUT2D eigenvalue weighted by molar-refractivity contribution is -0.147. The Labute approximate surface area is 120 Å². The molecule has 2 fully saturated rings. The molecule has 2 rings (SSSR count). The molecule has 0 spiro atoms. The molecule has 1 amide bonds. The lowest BCUT2D eigenvalue weighted by Gasteiger charge is -2.31. The predicted molar refractivity (Wildman–Crippen MR) is 74.3 cm³/mol. The zero-order chi connectivity index (χ0) is 14.5. The maximum Gasteiger partial charge on any atom is 0.306 e. The average Bonchev–Trinajstić information content (AvgIpc) is 2.45. The van der Waals surface area contributed by atoms with Crippen molar-refractivity contribution in [3.8, 4) is 0 Å². The second kappa shape index (κ2) is 7.07. The fourth-order valence-corrected chi connectivity index (χ4v) is 3.19. The zero-order valence-corrected chi connectivity index (χ0v) is 12.2. The van der Waals surface area contributed by atoms with Gasteiger partial charge in [-0.25, -0.2) is 0 Å². The van der Waals surface area contributed by atoms with Gasteiger partial charge < -0.3 is 14.7 Å². The Morgan fingerprint density at radius 1 is 1.20 bits per heavy atom. The third-order valence-corrected chi connectivity index (χ3v) is 4.53. The first kappa shape index (κ1) is 15.3. The molecular weight excluding hydrogens is 258 g/mol. The maximum atomic E-state index is 12.1. The van der Waals surface area contributed by atoms with Crippen molar-refractivity contribution in [2.24, 2.45) is 11.8 Å². The molecule has 0 aromatic heterocycles. The van der Waals surface area contributed by atoms with Gasteiger partial charge >= 0.3 is 5.97 Å². The summed E-state index contributed by atoms with van der Waals surface area (Å²) < 4.78 is 5.74. The molecule has 5 nitrogen and oxygen atoms in total. The number of hydrogen-bond acceptors (Lipinski definition) is 3. The molecule has 1 aliphatic heterocycles. The van der Waals surface area contributed by atoms with Crippen LogP contribution < -0.4 is 0 Å². The number of rotatable bonds is 4. The van der Waals surface area contributed by atoms with Gasteiger partial charge in [0.05, 0.1) is 12.0 Å². The largest absolute Gasteiger partial charge is 0.481 e. The van der Waals surface area contributed by atoms with Crippen LogP contribution in [0.2, 0.25) is 0 Å². The minimum absolute atomic E-state index is 0.00654.